The number of aryl methyl sites for hydroxylation is 2. The number of likely N-dealkylation sites (tertiary alicyclic amines) is 1. The molecule has 2 aliphatic rings. The molecule has 1 saturated carbocycles. The summed E-state index contributed by atoms with van der Waals surface area (Å²) < 4.78 is 33.7. The molecule has 27 heavy (non-hydrogen) atoms. The molecular weight excluding hydrogens is 392 g/mol. The van der Waals surface area contributed by atoms with E-state index in [1.54, 1.807) is 13.8 Å². The van der Waals surface area contributed by atoms with Crippen LogP contribution >= 0.6 is 12.4 Å². The van der Waals surface area contributed by atoms with E-state index in [2.05, 4.69) is 15.2 Å². The predicted octanol–water partition coefficient (Wildman–Crippen LogP) is 1.37. The molecule has 3 rings (SSSR count). The van der Waals surface area contributed by atoms with Crippen LogP contribution in [0.5, 0.6) is 0 Å². The largest absolute Gasteiger partial charge is 0.360 e. The summed E-state index contributed by atoms with van der Waals surface area (Å²) in [5, 5.41) is 6.89. The highest BCUT2D eigenvalue weighted by Gasteiger charge is 2.48. The maximum Gasteiger partial charge on any atom is 0.246 e. The van der Waals surface area contributed by atoms with Gasteiger partial charge in [-0.05, 0) is 52.6 Å². The van der Waals surface area contributed by atoms with Gasteiger partial charge in [0.05, 0.1) is 0 Å². The van der Waals surface area contributed by atoms with Gasteiger partial charge in [-0.25, -0.2) is 8.42 Å². The number of aromatic nitrogens is 1. The average molecular weight is 421 g/mol. The van der Waals surface area contributed by atoms with Gasteiger partial charge in [0.25, 0.3) is 0 Å². The van der Waals surface area contributed by atoms with Crippen LogP contribution in [0.15, 0.2) is 9.42 Å². The number of amides is 1. The van der Waals surface area contributed by atoms with E-state index in [1.165, 1.54) is 0 Å². The van der Waals surface area contributed by atoms with Crippen LogP contribution in [0.4, 0.5) is 0 Å². The molecule has 0 bridgehead atoms. The van der Waals surface area contributed by atoms with Crippen molar-refractivity contribution >= 4 is 28.3 Å². The van der Waals surface area contributed by atoms with Crippen LogP contribution in [0.1, 0.15) is 43.6 Å². The molecule has 154 valence electrons. The zero-order valence-electron chi connectivity index (χ0n) is 16.1. The van der Waals surface area contributed by atoms with Crippen molar-refractivity contribution in [3.63, 3.8) is 0 Å². The smallest absolute Gasteiger partial charge is 0.246 e. The zero-order chi connectivity index (χ0) is 18.9. The SMILES string of the molecule is CNCC1CCN(C(=O)C2(NS(=O)(=O)c3c(C)noc3C)CCCC2)C1.Cl. The molecular formula is C17H29ClN4O4S. The van der Waals surface area contributed by atoms with E-state index in [-0.39, 0.29) is 29.0 Å². The van der Waals surface area contributed by atoms with Gasteiger partial charge in [0, 0.05) is 13.1 Å². The first-order valence-electron chi connectivity index (χ1n) is 9.20. The molecule has 10 heteroatoms. The summed E-state index contributed by atoms with van der Waals surface area (Å²) in [4.78, 5) is 15.1. The number of hydrogen-bond acceptors (Lipinski definition) is 6. The lowest BCUT2D eigenvalue weighted by Gasteiger charge is -2.33. The van der Waals surface area contributed by atoms with Crippen LogP contribution in [0.25, 0.3) is 0 Å². The minimum Gasteiger partial charge on any atom is -0.360 e. The Kier molecular flexibility index (Phi) is 6.94. The van der Waals surface area contributed by atoms with Gasteiger partial charge in [-0.2, -0.15) is 4.72 Å². The summed E-state index contributed by atoms with van der Waals surface area (Å²) in [7, 11) is -1.98. The van der Waals surface area contributed by atoms with E-state index >= 15 is 0 Å². The van der Waals surface area contributed by atoms with Crippen LogP contribution in [-0.4, -0.2) is 56.6 Å². The molecule has 1 aliphatic carbocycles. The topological polar surface area (TPSA) is 105 Å². The molecule has 8 nitrogen and oxygen atoms in total. The highest BCUT2D eigenvalue weighted by Crippen LogP contribution is 2.35. The van der Waals surface area contributed by atoms with Gasteiger partial charge >= 0.3 is 0 Å². The fourth-order valence-electron chi connectivity index (χ4n) is 4.28. The highest BCUT2D eigenvalue weighted by molar-refractivity contribution is 7.89. The Labute approximate surface area is 166 Å². The zero-order valence-corrected chi connectivity index (χ0v) is 17.7. The second kappa shape index (κ2) is 8.46. The molecule has 2 heterocycles. The fraction of sp³-hybridized carbons (Fsp3) is 0.765. The van der Waals surface area contributed by atoms with Crippen molar-refractivity contribution in [3.8, 4) is 0 Å². The second-order valence-electron chi connectivity index (χ2n) is 7.51. The van der Waals surface area contributed by atoms with Crippen molar-refractivity contribution in [2.24, 2.45) is 5.92 Å². The second-order valence-corrected chi connectivity index (χ2v) is 9.13. The van der Waals surface area contributed by atoms with E-state index in [0.717, 1.165) is 25.8 Å². The van der Waals surface area contributed by atoms with Gasteiger partial charge in [-0.1, -0.05) is 18.0 Å². The Bertz CT molecular complexity index is 754. The lowest BCUT2D eigenvalue weighted by molar-refractivity contribution is -0.136. The van der Waals surface area contributed by atoms with Gasteiger partial charge < -0.3 is 14.7 Å². The van der Waals surface area contributed by atoms with Crippen molar-refractivity contribution < 1.29 is 17.7 Å². The Morgan fingerprint density at radius 2 is 2.00 bits per heavy atom. The Hall–Kier alpha value is -1.16. The molecule has 1 aliphatic heterocycles. The van der Waals surface area contributed by atoms with Crippen LogP contribution in [0, 0.1) is 19.8 Å². The summed E-state index contributed by atoms with van der Waals surface area (Å²) in [6.45, 7) is 5.38. The molecule has 1 atom stereocenters. The number of carbonyl (C=O) groups excluding carboxylic acids is 1. The fourth-order valence-corrected chi connectivity index (χ4v) is 6.03. The van der Waals surface area contributed by atoms with E-state index in [1.807, 2.05) is 11.9 Å². The third kappa shape index (κ3) is 4.31. The summed E-state index contributed by atoms with van der Waals surface area (Å²) in [5.74, 6) is 0.566. The number of rotatable bonds is 6. The Balaban J connectivity index is 0.00000261. The molecule has 1 aromatic rings. The van der Waals surface area contributed by atoms with Gasteiger partial charge in [0.1, 0.15) is 16.1 Å². The third-order valence-electron chi connectivity index (χ3n) is 5.50. The quantitative estimate of drug-likeness (QED) is 0.720. The first kappa shape index (κ1) is 22.1. The molecule has 2 fully saturated rings. The monoisotopic (exact) mass is 420 g/mol. The van der Waals surface area contributed by atoms with Crippen LogP contribution in [-0.2, 0) is 14.8 Å². The van der Waals surface area contributed by atoms with Crippen LogP contribution in [0.2, 0.25) is 0 Å². The van der Waals surface area contributed by atoms with E-state index in [4.69, 9.17) is 4.52 Å². The van der Waals surface area contributed by atoms with E-state index in [0.29, 0.717) is 37.5 Å². The average Bonchev–Trinajstić information content (AvgIpc) is 3.28. The Morgan fingerprint density at radius 3 is 2.56 bits per heavy atom. The number of nitrogens with zero attached hydrogens (tertiary/aromatic N) is 2. The molecule has 1 saturated heterocycles. The van der Waals surface area contributed by atoms with Gasteiger partial charge in [0.2, 0.25) is 15.9 Å². The van der Waals surface area contributed by atoms with Crippen molar-refractivity contribution in [2.45, 2.75) is 56.4 Å². The minimum atomic E-state index is -3.88. The molecule has 1 unspecified atom stereocenters. The molecule has 0 radical (unpaired) electrons. The predicted molar refractivity (Wildman–Crippen MR) is 103 cm³/mol. The number of nitrogens with one attached hydrogen (secondary N) is 2. The maximum absolute atomic E-state index is 13.3. The summed E-state index contributed by atoms with van der Waals surface area (Å²) in [6, 6.07) is 0. The van der Waals surface area contributed by atoms with E-state index < -0.39 is 15.6 Å². The number of halogens is 1. The normalized spacial score (nSPS) is 22.0. The molecule has 2 N–H and O–H groups in total. The lowest BCUT2D eigenvalue weighted by atomic mass is 9.97. The van der Waals surface area contributed by atoms with Gasteiger partial charge in [-0.15, -0.1) is 12.4 Å². The first-order chi connectivity index (χ1) is 12.3. The third-order valence-corrected chi connectivity index (χ3v) is 7.28. The molecule has 1 aromatic heterocycles. The number of carbonyl (C=O) groups is 1. The minimum absolute atomic E-state index is 0. The summed E-state index contributed by atoms with van der Waals surface area (Å²) in [5.41, 5.74) is -0.741. The first-order valence-corrected chi connectivity index (χ1v) is 10.7. The van der Waals surface area contributed by atoms with Crippen molar-refractivity contribution in [1.29, 1.82) is 0 Å². The maximum atomic E-state index is 13.3. The summed E-state index contributed by atoms with van der Waals surface area (Å²) in [6.07, 6.45) is 3.68. The number of hydrogen-bond donors (Lipinski definition) is 2. The van der Waals surface area contributed by atoms with Gasteiger partial charge in [-0.3, -0.25) is 4.79 Å². The molecule has 0 aromatic carbocycles. The van der Waals surface area contributed by atoms with E-state index in [9.17, 15) is 13.2 Å². The van der Waals surface area contributed by atoms with Crippen LogP contribution in [0.3, 0.4) is 0 Å². The van der Waals surface area contributed by atoms with Crippen molar-refractivity contribution in [2.75, 3.05) is 26.7 Å². The van der Waals surface area contributed by atoms with Gasteiger partial charge in [0.15, 0.2) is 5.76 Å². The summed E-state index contributed by atoms with van der Waals surface area (Å²) >= 11 is 0. The standard InChI is InChI=1S/C17H28N4O4S.ClH/c1-12-15(13(2)25-19-12)26(23,24)20-17(7-4-5-8-17)16(22)21-9-6-14(11-21)10-18-3;/h14,18,20H,4-11H2,1-3H3;1H. The Morgan fingerprint density at radius 1 is 1.33 bits per heavy atom. The van der Waals surface area contributed by atoms with Crippen molar-refractivity contribution in [1.82, 2.24) is 20.1 Å². The molecule has 1 amide bonds. The number of sulfonamides is 1. The van der Waals surface area contributed by atoms with Crippen molar-refractivity contribution in [3.05, 3.63) is 11.5 Å². The highest BCUT2D eigenvalue weighted by atomic mass is 35.5. The lowest BCUT2D eigenvalue weighted by Crippen LogP contribution is -2.57. The molecule has 0 spiro atoms. The van der Waals surface area contributed by atoms with Crippen LogP contribution < -0.4 is 10.0 Å².